The van der Waals surface area contributed by atoms with Crippen molar-refractivity contribution in [1.29, 1.82) is 0 Å². The number of aliphatic hydroxyl groups excluding tert-OH is 1. The van der Waals surface area contributed by atoms with E-state index in [9.17, 15) is 0 Å². The molecule has 0 aromatic rings. The molecule has 0 saturated carbocycles. The van der Waals surface area contributed by atoms with E-state index in [2.05, 4.69) is 0 Å². The normalized spacial score (nSPS) is 29.0. The maximum atomic E-state index is 9.00. The minimum absolute atomic E-state index is 0.223. The second kappa shape index (κ2) is 2.69. The molecule has 0 aliphatic carbocycles. The molecule has 1 saturated heterocycles. The highest BCUT2D eigenvalue weighted by Crippen LogP contribution is 2.08. The summed E-state index contributed by atoms with van der Waals surface area (Å²) in [6.45, 7) is 3.16. The van der Waals surface area contributed by atoms with Gasteiger partial charge in [-0.25, -0.2) is 0 Å². The average Bonchev–Trinajstić information content (AvgIpc) is 2.14. The predicted octanol–water partition coefficient (Wildman–Crippen LogP) is -0.837. The number of nitrogens with zero attached hydrogens (tertiary/aromatic N) is 1. The molecule has 3 nitrogen and oxygen atoms in total. The summed E-state index contributed by atoms with van der Waals surface area (Å²) in [5, 5.41) is 18.0. The lowest BCUT2D eigenvalue weighted by molar-refractivity contribution is 0.187. The second-order valence-electron chi connectivity index (χ2n) is 2.57. The van der Waals surface area contributed by atoms with Crippen molar-refractivity contribution >= 4 is 7.05 Å². The van der Waals surface area contributed by atoms with Gasteiger partial charge in [0.25, 0.3) is 0 Å². The van der Waals surface area contributed by atoms with E-state index in [4.69, 9.17) is 10.1 Å². The number of β-amino-alcohol motifs (C(OH)–C–C–N with tert-alkyl or cyclic N) is 1. The minimum atomic E-state index is -0.401. The molecule has 0 aromatic carbocycles. The van der Waals surface area contributed by atoms with Gasteiger partial charge in [0.15, 0.2) is 0 Å². The molecule has 4 heteroatoms. The number of rotatable bonds is 1. The van der Waals surface area contributed by atoms with E-state index in [1.807, 2.05) is 4.81 Å². The van der Waals surface area contributed by atoms with Crippen molar-refractivity contribution in [1.82, 2.24) is 4.81 Å². The van der Waals surface area contributed by atoms with Gasteiger partial charge in [-0.3, -0.25) is 0 Å². The Hall–Kier alpha value is -0.0551. The van der Waals surface area contributed by atoms with Crippen LogP contribution in [0.4, 0.5) is 0 Å². The maximum absolute atomic E-state index is 9.00. The van der Waals surface area contributed by atoms with Crippen LogP contribution in [0.2, 0.25) is 6.82 Å². The first-order valence-corrected chi connectivity index (χ1v) is 3.30. The lowest BCUT2D eigenvalue weighted by atomic mass is 9.86. The van der Waals surface area contributed by atoms with Gasteiger partial charge in [0, 0.05) is 6.54 Å². The monoisotopic (exact) mass is 129 g/mol. The number of hydrogen-bond acceptors (Lipinski definition) is 3. The molecule has 0 spiro atoms. The van der Waals surface area contributed by atoms with Crippen LogP contribution in [-0.4, -0.2) is 41.2 Å². The molecule has 9 heavy (non-hydrogen) atoms. The van der Waals surface area contributed by atoms with Gasteiger partial charge in [0.2, 0.25) is 0 Å². The van der Waals surface area contributed by atoms with Gasteiger partial charge in [-0.1, -0.05) is 0 Å². The Bertz CT molecular complexity index is 99.0. The molecule has 1 heterocycles. The van der Waals surface area contributed by atoms with Gasteiger partial charge in [-0.15, -0.1) is 0 Å². The Morgan fingerprint density at radius 3 is 2.56 bits per heavy atom. The van der Waals surface area contributed by atoms with Crippen molar-refractivity contribution in [3.63, 3.8) is 0 Å². The molecule has 0 bridgehead atoms. The summed E-state index contributed by atoms with van der Waals surface area (Å²) in [5.41, 5.74) is 0. The molecule has 52 valence electrons. The Kier molecular flexibility index (Phi) is 2.11. The molecule has 0 radical (unpaired) electrons. The van der Waals surface area contributed by atoms with Crippen molar-refractivity contribution in [3.05, 3.63) is 0 Å². The molecule has 1 fully saturated rings. The third kappa shape index (κ3) is 1.68. The van der Waals surface area contributed by atoms with Gasteiger partial charge < -0.3 is 14.9 Å². The van der Waals surface area contributed by atoms with Crippen molar-refractivity contribution in [2.45, 2.75) is 19.3 Å². The zero-order chi connectivity index (χ0) is 6.85. The molecule has 2 N–H and O–H groups in total. The Labute approximate surface area is 55.4 Å². The van der Waals surface area contributed by atoms with Gasteiger partial charge in [-0.05, 0) is 19.8 Å². The van der Waals surface area contributed by atoms with E-state index in [-0.39, 0.29) is 6.10 Å². The summed E-state index contributed by atoms with van der Waals surface area (Å²) in [6.07, 6.45) is 0.574. The van der Waals surface area contributed by atoms with Crippen LogP contribution < -0.4 is 0 Å². The van der Waals surface area contributed by atoms with Crippen LogP contribution in [0, 0.1) is 0 Å². The van der Waals surface area contributed by atoms with E-state index in [0.717, 1.165) is 13.0 Å². The standard InChI is InChI=1S/C5H12BNO2/c1-6(9)7-3-2-5(8)4-7/h5,8-9H,2-4H2,1H3/t5-/m0/s1. The smallest absolute Gasteiger partial charge is 0.376 e. The van der Waals surface area contributed by atoms with Gasteiger partial charge in [0.1, 0.15) is 0 Å². The van der Waals surface area contributed by atoms with Crippen LogP contribution in [-0.2, 0) is 0 Å². The maximum Gasteiger partial charge on any atom is 0.376 e. The fourth-order valence-electron chi connectivity index (χ4n) is 1.11. The van der Waals surface area contributed by atoms with E-state index < -0.39 is 7.05 Å². The van der Waals surface area contributed by atoms with Crippen molar-refractivity contribution in [3.8, 4) is 0 Å². The predicted molar refractivity (Wildman–Crippen MR) is 36.0 cm³/mol. The van der Waals surface area contributed by atoms with Gasteiger partial charge >= 0.3 is 7.05 Å². The third-order valence-corrected chi connectivity index (χ3v) is 1.72. The highest BCUT2D eigenvalue weighted by atomic mass is 16.3. The summed E-state index contributed by atoms with van der Waals surface area (Å²) in [4.78, 5) is 1.85. The van der Waals surface area contributed by atoms with Crippen molar-refractivity contribution in [2.24, 2.45) is 0 Å². The minimum Gasteiger partial charge on any atom is -0.437 e. The van der Waals surface area contributed by atoms with E-state index in [1.54, 1.807) is 6.82 Å². The van der Waals surface area contributed by atoms with Gasteiger partial charge in [-0.2, -0.15) is 0 Å². The molecule has 1 aliphatic heterocycles. The first kappa shape index (κ1) is 7.06. The highest BCUT2D eigenvalue weighted by molar-refractivity contribution is 6.45. The fraction of sp³-hybridized carbons (Fsp3) is 1.00. The Morgan fingerprint density at radius 1 is 1.67 bits per heavy atom. The highest BCUT2D eigenvalue weighted by Gasteiger charge is 2.25. The molecular weight excluding hydrogens is 117 g/mol. The number of aliphatic hydroxyl groups is 1. The van der Waals surface area contributed by atoms with E-state index >= 15 is 0 Å². The zero-order valence-electron chi connectivity index (χ0n) is 5.62. The molecule has 0 aromatic heterocycles. The molecule has 1 atom stereocenters. The molecular formula is C5H12BNO2. The lowest BCUT2D eigenvalue weighted by Crippen LogP contribution is -2.35. The largest absolute Gasteiger partial charge is 0.437 e. The molecule has 0 unspecified atom stereocenters. The quantitative estimate of drug-likeness (QED) is 0.454. The van der Waals surface area contributed by atoms with Crippen LogP contribution in [0.1, 0.15) is 6.42 Å². The first-order chi connectivity index (χ1) is 4.20. The Balaban J connectivity index is 2.30. The van der Waals surface area contributed by atoms with Crippen molar-refractivity contribution < 1.29 is 10.1 Å². The topological polar surface area (TPSA) is 43.7 Å². The van der Waals surface area contributed by atoms with E-state index in [0.29, 0.717) is 6.54 Å². The van der Waals surface area contributed by atoms with Crippen LogP contribution in [0.3, 0.4) is 0 Å². The molecule has 1 aliphatic rings. The average molecular weight is 129 g/mol. The van der Waals surface area contributed by atoms with E-state index in [1.165, 1.54) is 0 Å². The van der Waals surface area contributed by atoms with Gasteiger partial charge in [0.05, 0.1) is 6.10 Å². The Morgan fingerprint density at radius 2 is 2.33 bits per heavy atom. The van der Waals surface area contributed by atoms with Crippen LogP contribution in [0.25, 0.3) is 0 Å². The van der Waals surface area contributed by atoms with Crippen LogP contribution >= 0.6 is 0 Å². The fourth-order valence-corrected chi connectivity index (χ4v) is 1.11. The summed E-state index contributed by atoms with van der Waals surface area (Å²) in [5.74, 6) is 0. The van der Waals surface area contributed by atoms with Crippen LogP contribution in [0.15, 0.2) is 0 Å². The van der Waals surface area contributed by atoms with Crippen molar-refractivity contribution in [2.75, 3.05) is 13.1 Å². The summed E-state index contributed by atoms with van der Waals surface area (Å²) < 4.78 is 0. The SMILES string of the molecule is CB(O)N1CC[C@H](O)C1. The third-order valence-electron chi connectivity index (χ3n) is 1.72. The first-order valence-electron chi connectivity index (χ1n) is 3.30. The zero-order valence-corrected chi connectivity index (χ0v) is 5.62. The lowest BCUT2D eigenvalue weighted by Gasteiger charge is -2.13. The van der Waals surface area contributed by atoms with Crippen LogP contribution in [0.5, 0.6) is 0 Å². The molecule has 0 amide bonds. The summed E-state index contributed by atoms with van der Waals surface area (Å²) in [6, 6.07) is 0. The summed E-state index contributed by atoms with van der Waals surface area (Å²) in [7, 11) is -0.401. The number of hydrogen-bond donors (Lipinski definition) is 2. The molecule has 1 rings (SSSR count). The second-order valence-corrected chi connectivity index (χ2v) is 2.57. The summed E-state index contributed by atoms with van der Waals surface area (Å²) >= 11 is 0.